The summed E-state index contributed by atoms with van der Waals surface area (Å²) in [7, 11) is 1.87. The maximum absolute atomic E-state index is 5.92. The first-order chi connectivity index (χ1) is 9.29. The first-order valence-corrected chi connectivity index (χ1v) is 6.04. The van der Waals surface area contributed by atoms with Crippen molar-refractivity contribution in [1.29, 1.82) is 0 Å². The molecule has 1 aromatic carbocycles. The number of nitrogens with zero attached hydrogens (tertiary/aromatic N) is 1. The summed E-state index contributed by atoms with van der Waals surface area (Å²) in [5, 5.41) is 7.48. The molecule has 0 atom stereocenters. The van der Waals surface area contributed by atoms with E-state index < -0.39 is 0 Å². The Morgan fingerprint density at radius 3 is 3.00 bits per heavy atom. The molecule has 96 valence electrons. The van der Waals surface area contributed by atoms with Gasteiger partial charge >= 0.3 is 0 Å². The molecule has 2 heterocycles. The molecule has 0 spiro atoms. The van der Waals surface area contributed by atoms with E-state index in [9.17, 15) is 0 Å². The molecular weight excluding hydrogens is 238 g/mol. The van der Waals surface area contributed by atoms with Crippen LogP contribution in [-0.2, 0) is 0 Å². The van der Waals surface area contributed by atoms with Crippen molar-refractivity contribution in [2.75, 3.05) is 7.05 Å². The second-order valence-corrected chi connectivity index (χ2v) is 4.25. The number of aromatic nitrogens is 1. The number of benzene rings is 1. The highest BCUT2D eigenvalue weighted by Crippen LogP contribution is 2.21. The second-order valence-electron chi connectivity index (χ2n) is 4.25. The van der Waals surface area contributed by atoms with Crippen molar-refractivity contribution >= 4 is 22.4 Å². The highest BCUT2D eigenvalue weighted by molar-refractivity contribution is 6.04. The zero-order chi connectivity index (χ0) is 13.2. The summed E-state index contributed by atoms with van der Waals surface area (Å²) in [6.07, 6.45) is 5.33. The molecule has 0 fully saturated rings. The number of amidine groups is 1. The van der Waals surface area contributed by atoms with Crippen molar-refractivity contribution in [3.8, 4) is 0 Å². The van der Waals surface area contributed by atoms with Gasteiger partial charge in [-0.25, -0.2) is 4.99 Å². The summed E-state index contributed by atoms with van der Waals surface area (Å²) >= 11 is 0. The zero-order valence-corrected chi connectivity index (χ0v) is 10.6. The number of fused-ring (bicyclic) bond motifs is 1. The minimum atomic E-state index is 0.473. The number of nitrogens with two attached hydrogens (primary N) is 1. The lowest BCUT2D eigenvalue weighted by Crippen LogP contribution is -2.29. The normalized spacial score (nSPS) is 17.0. The standard InChI is InChI=1S/C14H15N5/c1-16-12(13-14(15)19-7-6-18-13)10-2-3-11-9(8-10)4-5-17-11/h2-8,16-18H,1H3,(H2,15,19)/b13-12-. The predicted molar refractivity (Wildman–Crippen MR) is 78.2 cm³/mol. The molecule has 19 heavy (non-hydrogen) atoms. The molecule has 5 heteroatoms. The summed E-state index contributed by atoms with van der Waals surface area (Å²) in [6.45, 7) is 0. The first kappa shape index (κ1) is 11.4. The van der Waals surface area contributed by atoms with Crippen LogP contribution in [0.3, 0.4) is 0 Å². The molecule has 0 radical (unpaired) electrons. The van der Waals surface area contributed by atoms with Crippen molar-refractivity contribution in [1.82, 2.24) is 15.6 Å². The molecule has 0 bridgehead atoms. The van der Waals surface area contributed by atoms with Gasteiger partial charge in [-0.2, -0.15) is 0 Å². The van der Waals surface area contributed by atoms with Gasteiger partial charge in [0.05, 0.1) is 5.70 Å². The molecule has 5 nitrogen and oxygen atoms in total. The van der Waals surface area contributed by atoms with Gasteiger partial charge < -0.3 is 21.4 Å². The van der Waals surface area contributed by atoms with Crippen LogP contribution in [0.5, 0.6) is 0 Å². The van der Waals surface area contributed by atoms with Crippen LogP contribution in [0.1, 0.15) is 5.56 Å². The molecule has 5 N–H and O–H groups in total. The van der Waals surface area contributed by atoms with Crippen molar-refractivity contribution in [2.45, 2.75) is 0 Å². The van der Waals surface area contributed by atoms with Gasteiger partial charge in [-0.3, -0.25) is 0 Å². The fraction of sp³-hybridized carbons (Fsp3) is 0.0714. The third-order valence-corrected chi connectivity index (χ3v) is 3.11. The molecule has 3 rings (SSSR count). The Bertz CT molecular complexity index is 705. The lowest BCUT2D eigenvalue weighted by atomic mass is 10.1. The average Bonchev–Trinajstić information content (AvgIpc) is 2.89. The van der Waals surface area contributed by atoms with Gasteiger partial charge in [0.25, 0.3) is 0 Å². The van der Waals surface area contributed by atoms with E-state index in [1.54, 1.807) is 12.4 Å². The Morgan fingerprint density at radius 1 is 1.32 bits per heavy atom. The summed E-state index contributed by atoms with van der Waals surface area (Å²) in [5.41, 5.74) is 9.81. The summed E-state index contributed by atoms with van der Waals surface area (Å²) in [4.78, 5) is 7.29. The van der Waals surface area contributed by atoms with E-state index in [0.29, 0.717) is 5.84 Å². The number of aromatic amines is 1. The monoisotopic (exact) mass is 253 g/mol. The lowest BCUT2D eigenvalue weighted by Gasteiger charge is -2.17. The molecule has 0 saturated carbocycles. The molecule has 2 aromatic rings. The van der Waals surface area contributed by atoms with Crippen molar-refractivity contribution < 1.29 is 0 Å². The molecule has 1 aliphatic rings. The minimum Gasteiger partial charge on any atom is -0.386 e. The SMILES string of the molecule is CN/C(=C1\NC=CN=C1N)c1ccc2[nH]ccc2c1. The summed E-state index contributed by atoms with van der Waals surface area (Å²) < 4.78 is 0. The maximum atomic E-state index is 5.92. The Labute approximate surface area is 110 Å². The van der Waals surface area contributed by atoms with Crippen LogP contribution >= 0.6 is 0 Å². The van der Waals surface area contributed by atoms with Gasteiger partial charge in [-0.1, -0.05) is 6.07 Å². The number of nitrogens with one attached hydrogen (secondary N) is 3. The summed E-state index contributed by atoms with van der Waals surface area (Å²) in [5.74, 6) is 0.473. The lowest BCUT2D eigenvalue weighted by molar-refractivity contribution is 1.03. The Kier molecular flexibility index (Phi) is 2.72. The van der Waals surface area contributed by atoms with Gasteiger partial charge in [0.2, 0.25) is 0 Å². The third-order valence-electron chi connectivity index (χ3n) is 3.11. The van der Waals surface area contributed by atoms with Crippen molar-refractivity contribution in [3.63, 3.8) is 0 Å². The van der Waals surface area contributed by atoms with Gasteiger partial charge in [-0.15, -0.1) is 0 Å². The fourth-order valence-electron chi connectivity index (χ4n) is 2.20. The van der Waals surface area contributed by atoms with Crippen LogP contribution in [-0.4, -0.2) is 17.9 Å². The molecule has 0 unspecified atom stereocenters. The Morgan fingerprint density at radius 2 is 2.21 bits per heavy atom. The van der Waals surface area contributed by atoms with E-state index in [4.69, 9.17) is 5.73 Å². The average molecular weight is 253 g/mol. The fourth-order valence-corrected chi connectivity index (χ4v) is 2.20. The number of hydrogen-bond acceptors (Lipinski definition) is 4. The number of H-pyrrole nitrogens is 1. The molecule has 1 aliphatic heterocycles. The van der Waals surface area contributed by atoms with Gasteiger partial charge in [0.1, 0.15) is 11.5 Å². The predicted octanol–water partition coefficient (Wildman–Crippen LogP) is 1.49. The van der Waals surface area contributed by atoms with Crippen LogP contribution < -0.4 is 16.4 Å². The number of rotatable bonds is 2. The number of aliphatic imine (C=N–C) groups is 1. The maximum Gasteiger partial charge on any atom is 0.149 e. The second kappa shape index (κ2) is 4.53. The first-order valence-electron chi connectivity index (χ1n) is 6.04. The van der Waals surface area contributed by atoms with Crippen LogP contribution in [0, 0.1) is 0 Å². The highest BCUT2D eigenvalue weighted by Gasteiger charge is 2.13. The quantitative estimate of drug-likeness (QED) is 0.654. The van der Waals surface area contributed by atoms with E-state index in [0.717, 1.165) is 27.9 Å². The Hall–Kier alpha value is -2.69. The van der Waals surface area contributed by atoms with Gasteiger partial charge in [0, 0.05) is 42.1 Å². The molecule has 1 aromatic heterocycles. The molecule has 0 amide bonds. The topological polar surface area (TPSA) is 78.2 Å². The van der Waals surface area contributed by atoms with Crippen molar-refractivity contribution in [3.05, 3.63) is 54.1 Å². The zero-order valence-electron chi connectivity index (χ0n) is 10.6. The summed E-state index contributed by atoms with van der Waals surface area (Å²) in [6, 6.07) is 8.25. The van der Waals surface area contributed by atoms with E-state index in [1.807, 2.05) is 25.4 Å². The van der Waals surface area contributed by atoms with Gasteiger partial charge in [0.15, 0.2) is 0 Å². The van der Waals surface area contributed by atoms with E-state index in [-0.39, 0.29) is 0 Å². The Balaban J connectivity index is 2.14. The van der Waals surface area contributed by atoms with E-state index in [1.165, 1.54) is 0 Å². The third kappa shape index (κ3) is 1.95. The molecule has 0 aliphatic carbocycles. The van der Waals surface area contributed by atoms with E-state index >= 15 is 0 Å². The smallest absolute Gasteiger partial charge is 0.149 e. The van der Waals surface area contributed by atoms with Crippen LogP contribution in [0.2, 0.25) is 0 Å². The van der Waals surface area contributed by atoms with Gasteiger partial charge in [-0.05, 0) is 18.2 Å². The van der Waals surface area contributed by atoms with E-state index in [2.05, 4.69) is 32.7 Å². The van der Waals surface area contributed by atoms with Crippen LogP contribution in [0.25, 0.3) is 16.6 Å². The minimum absolute atomic E-state index is 0.473. The molecular formula is C14H15N5. The van der Waals surface area contributed by atoms with Crippen molar-refractivity contribution in [2.24, 2.45) is 10.7 Å². The highest BCUT2D eigenvalue weighted by atomic mass is 15.0. The number of hydrogen-bond donors (Lipinski definition) is 4. The molecule has 0 saturated heterocycles. The van der Waals surface area contributed by atoms with Crippen LogP contribution in [0.15, 0.2) is 53.6 Å². The van der Waals surface area contributed by atoms with Crippen LogP contribution in [0.4, 0.5) is 0 Å². The largest absolute Gasteiger partial charge is 0.386 e.